The second-order valence-corrected chi connectivity index (χ2v) is 2.77. The van der Waals surface area contributed by atoms with Gasteiger partial charge in [-0.05, 0) is 6.92 Å². The third kappa shape index (κ3) is 2.67. The van der Waals surface area contributed by atoms with E-state index in [2.05, 4.69) is 29.3 Å². The Kier molecular flexibility index (Phi) is 2.59. The van der Waals surface area contributed by atoms with Gasteiger partial charge in [0.25, 0.3) is 0 Å². The van der Waals surface area contributed by atoms with E-state index in [0.29, 0.717) is 24.3 Å². The summed E-state index contributed by atoms with van der Waals surface area (Å²) < 4.78 is 4.89. The molecule has 1 N–H and O–H groups in total. The molecule has 1 aromatic heterocycles. The summed E-state index contributed by atoms with van der Waals surface area (Å²) in [6.07, 6.45) is 0. The summed E-state index contributed by atoms with van der Waals surface area (Å²) in [6.45, 7) is 6.60. The lowest BCUT2D eigenvalue weighted by Gasteiger charge is -2.02. The van der Waals surface area contributed by atoms with Crippen LogP contribution in [0.4, 0.5) is 0 Å². The van der Waals surface area contributed by atoms with Crippen molar-refractivity contribution in [2.45, 2.75) is 33.4 Å². The fourth-order valence-corrected chi connectivity index (χ4v) is 0.703. The van der Waals surface area contributed by atoms with Crippen LogP contribution in [0.2, 0.25) is 0 Å². The van der Waals surface area contributed by atoms with Crippen LogP contribution >= 0.6 is 0 Å². The number of rotatable bonds is 3. The molecule has 0 aliphatic rings. The molecule has 4 heteroatoms. The maximum absolute atomic E-state index is 4.89. The highest BCUT2D eigenvalue weighted by molar-refractivity contribution is 4.82. The van der Waals surface area contributed by atoms with Crippen molar-refractivity contribution in [3.05, 3.63) is 11.7 Å². The molecular formula is C7H13N3O. The summed E-state index contributed by atoms with van der Waals surface area (Å²) in [5.41, 5.74) is 0. The van der Waals surface area contributed by atoms with Gasteiger partial charge in [-0.2, -0.15) is 4.98 Å². The quantitative estimate of drug-likeness (QED) is 0.703. The third-order valence-corrected chi connectivity index (χ3v) is 1.23. The van der Waals surface area contributed by atoms with Crippen LogP contribution in [0.3, 0.4) is 0 Å². The minimum Gasteiger partial charge on any atom is -0.338 e. The number of hydrogen-bond donors (Lipinski definition) is 1. The fourth-order valence-electron chi connectivity index (χ4n) is 0.703. The minimum atomic E-state index is 0.446. The van der Waals surface area contributed by atoms with E-state index in [1.165, 1.54) is 0 Å². The van der Waals surface area contributed by atoms with Gasteiger partial charge in [0.1, 0.15) is 0 Å². The Hall–Kier alpha value is -0.900. The van der Waals surface area contributed by atoms with Gasteiger partial charge in [-0.1, -0.05) is 19.0 Å². The van der Waals surface area contributed by atoms with Gasteiger partial charge < -0.3 is 9.84 Å². The Morgan fingerprint density at radius 1 is 1.55 bits per heavy atom. The normalized spacial score (nSPS) is 10.9. The number of hydrogen-bond acceptors (Lipinski definition) is 4. The molecule has 0 aromatic carbocycles. The van der Waals surface area contributed by atoms with Crippen LogP contribution in [0.25, 0.3) is 0 Å². The van der Waals surface area contributed by atoms with Gasteiger partial charge in [0, 0.05) is 6.04 Å². The zero-order valence-electron chi connectivity index (χ0n) is 7.09. The van der Waals surface area contributed by atoms with E-state index < -0.39 is 0 Å². The maximum atomic E-state index is 4.89. The first-order valence-corrected chi connectivity index (χ1v) is 3.71. The Bertz CT molecular complexity index is 219. The Balaban J connectivity index is 2.39. The summed E-state index contributed by atoms with van der Waals surface area (Å²) in [5.74, 6) is 1.33. The van der Waals surface area contributed by atoms with Gasteiger partial charge >= 0.3 is 0 Å². The average Bonchev–Trinajstić information content (AvgIpc) is 2.31. The summed E-state index contributed by atoms with van der Waals surface area (Å²) in [4.78, 5) is 4.04. The van der Waals surface area contributed by atoms with Crippen LogP contribution < -0.4 is 5.32 Å². The van der Waals surface area contributed by atoms with Crippen LogP contribution in [0.5, 0.6) is 0 Å². The van der Waals surface area contributed by atoms with Crippen LogP contribution in [-0.2, 0) is 6.54 Å². The van der Waals surface area contributed by atoms with Gasteiger partial charge in [0.15, 0.2) is 5.82 Å². The summed E-state index contributed by atoms with van der Waals surface area (Å²) in [5, 5.41) is 6.85. The summed E-state index contributed by atoms with van der Waals surface area (Å²) >= 11 is 0. The molecular weight excluding hydrogens is 142 g/mol. The summed E-state index contributed by atoms with van der Waals surface area (Å²) in [7, 11) is 0. The second-order valence-electron chi connectivity index (χ2n) is 2.77. The minimum absolute atomic E-state index is 0.446. The molecule has 11 heavy (non-hydrogen) atoms. The fraction of sp³-hybridized carbons (Fsp3) is 0.714. The van der Waals surface area contributed by atoms with E-state index in [-0.39, 0.29) is 0 Å². The Morgan fingerprint density at radius 3 is 2.73 bits per heavy atom. The molecule has 0 radical (unpaired) electrons. The lowest BCUT2D eigenvalue weighted by atomic mass is 10.4. The zero-order chi connectivity index (χ0) is 8.27. The molecule has 0 bridgehead atoms. The SMILES string of the molecule is Cc1noc(CNC(C)C)n1. The van der Waals surface area contributed by atoms with E-state index in [9.17, 15) is 0 Å². The molecule has 1 rings (SSSR count). The largest absolute Gasteiger partial charge is 0.338 e. The van der Waals surface area contributed by atoms with Crippen molar-refractivity contribution in [3.63, 3.8) is 0 Å². The third-order valence-electron chi connectivity index (χ3n) is 1.23. The molecule has 0 fully saturated rings. The van der Waals surface area contributed by atoms with Crippen molar-refractivity contribution < 1.29 is 4.52 Å². The predicted octanol–water partition coefficient (Wildman–Crippen LogP) is 0.876. The molecule has 1 aromatic rings. The molecule has 0 spiro atoms. The first-order chi connectivity index (χ1) is 5.18. The molecule has 0 aliphatic heterocycles. The Labute approximate surface area is 66.0 Å². The molecule has 0 unspecified atom stereocenters. The van der Waals surface area contributed by atoms with Crippen LogP contribution in [0, 0.1) is 6.92 Å². The van der Waals surface area contributed by atoms with Crippen molar-refractivity contribution in [1.82, 2.24) is 15.5 Å². The average molecular weight is 155 g/mol. The molecule has 62 valence electrons. The lowest BCUT2D eigenvalue weighted by Crippen LogP contribution is -2.21. The number of nitrogens with zero attached hydrogens (tertiary/aromatic N) is 2. The summed E-state index contributed by atoms with van der Waals surface area (Å²) in [6, 6.07) is 0.446. The monoisotopic (exact) mass is 155 g/mol. The van der Waals surface area contributed by atoms with Crippen LogP contribution in [-0.4, -0.2) is 16.2 Å². The van der Waals surface area contributed by atoms with Crippen molar-refractivity contribution >= 4 is 0 Å². The maximum Gasteiger partial charge on any atom is 0.240 e. The first kappa shape index (κ1) is 8.20. The van der Waals surface area contributed by atoms with Crippen molar-refractivity contribution in [2.24, 2.45) is 0 Å². The first-order valence-electron chi connectivity index (χ1n) is 3.71. The van der Waals surface area contributed by atoms with E-state index in [1.54, 1.807) is 0 Å². The molecule has 0 aliphatic carbocycles. The number of nitrogens with one attached hydrogen (secondary N) is 1. The molecule has 0 atom stereocenters. The number of aromatic nitrogens is 2. The number of aryl methyl sites for hydroxylation is 1. The van der Waals surface area contributed by atoms with Gasteiger partial charge in [-0.25, -0.2) is 0 Å². The highest BCUT2D eigenvalue weighted by Crippen LogP contribution is 1.94. The molecule has 0 saturated carbocycles. The standard InChI is InChI=1S/C7H13N3O/c1-5(2)8-4-7-9-6(3)10-11-7/h5,8H,4H2,1-3H3. The van der Waals surface area contributed by atoms with Gasteiger partial charge in [0.05, 0.1) is 6.54 Å². The van der Waals surface area contributed by atoms with E-state index >= 15 is 0 Å². The predicted molar refractivity (Wildman–Crippen MR) is 41.0 cm³/mol. The molecule has 0 amide bonds. The van der Waals surface area contributed by atoms with Crippen LogP contribution in [0.15, 0.2) is 4.52 Å². The topological polar surface area (TPSA) is 51.0 Å². The van der Waals surface area contributed by atoms with E-state index in [4.69, 9.17) is 4.52 Å². The van der Waals surface area contributed by atoms with Crippen molar-refractivity contribution in [1.29, 1.82) is 0 Å². The highest BCUT2D eigenvalue weighted by atomic mass is 16.5. The molecule has 4 nitrogen and oxygen atoms in total. The van der Waals surface area contributed by atoms with Gasteiger partial charge in [-0.15, -0.1) is 0 Å². The van der Waals surface area contributed by atoms with Crippen molar-refractivity contribution in [2.75, 3.05) is 0 Å². The van der Waals surface area contributed by atoms with Gasteiger partial charge in [0.2, 0.25) is 5.89 Å². The molecule has 0 saturated heterocycles. The molecule has 1 heterocycles. The Morgan fingerprint density at radius 2 is 2.27 bits per heavy atom. The lowest BCUT2D eigenvalue weighted by molar-refractivity contribution is 0.359. The van der Waals surface area contributed by atoms with E-state index in [1.807, 2.05) is 6.92 Å². The van der Waals surface area contributed by atoms with Crippen molar-refractivity contribution in [3.8, 4) is 0 Å². The second kappa shape index (κ2) is 3.48. The van der Waals surface area contributed by atoms with Gasteiger partial charge in [-0.3, -0.25) is 0 Å². The smallest absolute Gasteiger partial charge is 0.240 e. The zero-order valence-corrected chi connectivity index (χ0v) is 7.09. The van der Waals surface area contributed by atoms with E-state index in [0.717, 1.165) is 0 Å². The highest BCUT2D eigenvalue weighted by Gasteiger charge is 2.01. The van der Waals surface area contributed by atoms with Crippen LogP contribution in [0.1, 0.15) is 25.6 Å².